The number of amides is 1. The number of benzene rings is 2. The molecule has 0 N–H and O–H groups in total. The Bertz CT molecular complexity index is 625. The molecule has 0 aromatic heterocycles. The van der Waals surface area contributed by atoms with Gasteiger partial charge in [0.2, 0.25) is 5.91 Å². The summed E-state index contributed by atoms with van der Waals surface area (Å²) in [6.45, 7) is 2.36. The molecule has 0 heterocycles. The van der Waals surface area contributed by atoms with Crippen molar-refractivity contribution < 1.29 is 9.53 Å². The van der Waals surface area contributed by atoms with Crippen molar-refractivity contribution in [3.05, 3.63) is 42.0 Å². The van der Waals surface area contributed by atoms with Crippen LogP contribution in [0.1, 0.15) is 12.5 Å². The summed E-state index contributed by atoms with van der Waals surface area (Å²) in [6.07, 6.45) is 0. The first-order valence-electron chi connectivity index (χ1n) is 6.48. The molecule has 0 spiro atoms. The molecule has 0 saturated heterocycles. The third kappa shape index (κ3) is 2.96. The molecule has 1 amide bonds. The number of hydrogen-bond acceptors (Lipinski definition) is 2. The van der Waals surface area contributed by atoms with Crippen LogP contribution in [0.25, 0.3) is 10.8 Å². The maximum Gasteiger partial charge on any atom is 0.236 e. The maximum atomic E-state index is 12.0. The molecule has 0 aliphatic carbocycles. The van der Waals surface area contributed by atoms with E-state index in [0.29, 0.717) is 6.54 Å². The molecule has 0 aliphatic heterocycles. The summed E-state index contributed by atoms with van der Waals surface area (Å²) in [4.78, 5) is 13.5. The van der Waals surface area contributed by atoms with Gasteiger partial charge in [-0.05, 0) is 23.8 Å². The zero-order valence-electron chi connectivity index (χ0n) is 11.9. The highest BCUT2D eigenvalue weighted by atomic mass is 79.9. The predicted octanol–water partition coefficient (Wildman–Crippen LogP) is 3.59. The van der Waals surface area contributed by atoms with Crippen molar-refractivity contribution in [3.8, 4) is 5.75 Å². The highest BCUT2D eigenvalue weighted by Gasteiger charge is 2.17. The Morgan fingerprint density at radius 1 is 1.30 bits per heavy atom. The van der Waals surface area contributed by atoms with E-state index in [2.05, 4.69) is 28.1 Å². The summed E-state index contributed by atoms with van der Waals surface area (Å²) in [5.74, 6) is 0.866. The SMILES string of the molecule is COc1ccc2ccccc2c1CN(C)C(=O)C(C)Br. The van der Waals surface area contributed by atoms with Crippen LogP contribution in [0.2, 0.25) is 0 Å². The van der Waals surface area contributed by atoms with Gasteiger partial charge in [-0.15, -0.1) is 0 Å². The minimum absolute atomic E-state index is 0.0555. The molecule has 4 heteroatoms. The number of fused-ring (bicyclic) bond motifs is 1. The van der Waals surface area contributed by atoms with Crippen LogP contribution in [-0.4, -0.2) is 29.8 Å². The molecule has 0 aliphatic rings. The van der Waals surface area contributed by atoms with Crippen LogP contribution in [0, 0.1) is 0 Å². The van der Waals surface area contributed by atoms with Gasteiger partial charge in [-0.3, -0.25) is 4.79 Å². The first-order chi connectivity index (χ1) is 9.54. The van der Waals surface area contributed by atoms with Gasteiger partial charge in [0, 0.05) is 19.2 Å². The largest absolute Gasteiger partial charge is 0.496 e. The van der Waals surface area contributed by atoms with Gasteiger partial charge in [0.25, 0.3) is 0 Å². The Kier molecular flexibility index (Phi) is 4.65. The topological polar surface area (TPSA) is 29.5 Å². The Balaban J connectivity index is 2.44. The molecule has 3 nitrogen and oxygen atoms in total. The van der Waals surface area contributed by atoms with E-state index in [1.165, 1.54) is 0 Å². The van der Waals surface area contributed by atoms with Crippen LogP contribution in [0.3, 0.4) is 0 Å². The monoisotopic (exact) mass is 335 g/mol. The molecule has 0 bridgehead atoms. The van der Waals surface area contributed by atoms with E-state index in [9.17, 15) is 4.79 Å². The van der Waals surface area contributed by atoms with Crippen LogP contribution >= 0.6 is 15.9 Å². The number of carbonyl (C=O) groups is 1. The number of ether oxygens (including phenoxy) is 1. The normalized spacial score (nSPS) is 12.2. The van der Waals surface area contributed by atoms with Crippen LogP contribution in [0.4, 0.5) is 0 Å². The second-order valence-corrected chi connectivity index (χ2v) is 6.15. The van der Waals surface area contributed by atoms with Gasteiger partial charge in [-0.25, -0.2) is 0 Å². The van der Waals surface area contributed by atoms with Crippen LogP contribution in [0.15, 0.2) is 36.4 Å². The number of halogens is 1. The van der Waals surface area contributed by atoms with E-state index >= 15 is 0 Å². The second kappa shape index (κ2) is 6.27. The third-order valence-corrected chi connectivity index (χ3v) is 3.72. The quantitative estimate of drug-likeness (QED) is 0.799. The number of carbonyl (C=O) groups excluding carboxylic acids is 1. The summed E-state index contributed by atoms with van der Waals surface area (Å²) < 4.78 is 5.44. The number of alkyl halides is 1. The number of methoxy groups -OCH3 is 1. The predicted molar refractivity (Wildman–Crippen MR) is 85.4 cm³/mol. The lowest BCUT2D eigenvalue weighted by Crippen LogP contribution is -2.31. The van der Waals surface area contributed by atoms with Gasteiger partial charge in [-0.1, -0.05) is 46.3 Å². The molecule has 1 unspecified atom stereocenters. The van der Waals surface area contributed by atoms with Gasteiger partial charge in [-0.2, -0.15) is 0 Å². The Morgan fingerprint density at radius 2 is 2.00 bits per heavy atom. The summed E-state index contributed by atoms with van der Waals surface area (Å²) in [5.41, 5.74) is 1.04. The van der Waals surface area contributed by atoms with E-state index < -0.39 is 0 Å². The molecular weight excluding hydrogens is 318 g/mol. The molecule has 0 saturated carbocycles. The Labute approximate surface area is 127 Å². The standard InChI is InChI=1S/C16H18BrNO2/c1-11(17)16(19)18(2)10-14-13-7-5-4-6-12(13)8-9-15(14)20-3/h4-9,11H,10H2,1-3H3. The Hall–Kier alpha value is -1.55. The van der Waals surface area contributed by atoms with Gasteiger partial charge in [0.1, 0.15) is 5.75 Å². The first kappa shape index (κ1) is 14.9. The smallest absolute Gasteiger partial charge is 0.236 e. The Morgan fingerprint density at radius 3 is 2.65 bits per heavy atom. The minimum atomic E-state index is -0.187. The van der Waals surface area contributed by atoms with Crippen molar-refractivity contribution in [3.63, 3.8) is 0 Å². The highest BCUT2D eigenvalue weighted by Crippen LogP contribution is 2.29. The van der Waals surface area contributed by atoms with Crippen LogP contribution in [-0.2, 0) is 11.3 Å². The average molecular weight is 336 g/mol. The van der Waals surface area contributed by atoms with Crippen molar-refractivity contribution in [1.29, 1.82) is 0 Å². The van der Waals surface area contributed by atoms with Crippen molar-refractivity contribution >= 4 is 32.6 Å². The third-order valence-electron chi connectivity index (χ3n) is 3.33. The van der Waals surface area contributed by atoms with Gasteiger partial charge >= 0.3 is 0 Å². The van der Waals surface area contributed by atoms with Gasteiger partial charge in [0.05, 0.1) is 11.9 Å². The van der Waals surface area contributed by atoms with Crippen molar-refractivity contribution in [2.45, 2.75) is 18.3 Å². The van der Waals surface area contributed by atoms with E-state index in [-0.39, 0.29) is 10.7 Å². The van der Waals surface area contributed by atoms with Crippen molar-refractivity contribution in [2.75, 3.05) is 14.2 Å². The molecular formula is C16H18BrNO2. The molecule has 20 heavy (non-hydrogen) atoms. The summed E-state index contributed by atoms with van der Waals surface area (Å²) in [7, 11) is 3.46. The molecule has 0 fully saturated rings. The van der Waals surface area contributed by atoms with Crippen molar-refractivity contribution in [2.24, 2.45) is 0 Å². The van der Waals surface area contributed by atoms with Gasteiger partial charge in [0.15, 0.2) is 0 Å². The van der Waals surface area contributed by atoms with E-state index in [4.69, 9.17) is 4.74 Å². The number of hydrogen-bond donors (Lipinski definition) is 0. The maximum absolute atomic E-state index is 12.0. The lowest BCUT2D eigenvalue weighted by atomic mass is 10.0. The fraction of sp³-hybridized carbons (Fsp3) is 0.312. The minimum Gasteiger partial charge on any atom is -0.496 e. The zero-order valence-corrected chi connectivity index (χ0v) is 13.5. The molecule has 2 aromatic carbocycles. The summed E-state index contributed by atoms with van der Waals surface area (Å²) in [5, 5.41) is 2.27. The molecule has 0 radical (unpaired) electrons. The fourth-order valence-corrected chi connectivity index (χ4v) is 2.64. The highest BCUT2D eigenvalue weighted by molar-refractivity contribution is 9.10. The lowest BCUT2D eigenvalue weighted by molar-refractivity contribution is -0.129. The molecule has 2 aromatic rings. The second-order valence-electron chi connectivity index (χ2n) is 4.78. The molecule has 106 valence electrons. The summed E-state index contributed by atoms with van der Waals surface area (Å²) >= 11 is 3.32. The van der Waals surface area contributed by atoms with Crippen LogP contribution < -0.4 is 4.74 Å². The van der Waals surface area contributed by atoms with E-state index in [1.54, 1.807) is 19.1 Å². The van der Waals surface area contributed by atoms with E-state index in [1.807, 2.05) is 31.2 Å². The average Bonchev–Trinajstić information content (AvgIpc) is 2.46. The number of nitrogens with zero attached hydrogens (tertiary/aromatic N) is 1. The van der Waals surface area contributed by atoms with Crippen LogP contribution in [0.5, 0.6) is 5.75 Å². The summed E-state index contributed by atoms with van der Waals surface area (Å²) in [6, 6.07) is 12.1. The molecule has 1 atom stereocenters. The lowest BCUT2D eigenvalue weighted by Gasteiger charge is -2.21. The first-order valence-corrected chi connectivity index (χ1v) is 7.40. The zero-order chi connectivity index (χ0) is 14.7. The van der Waals surface area contributed by atoms with Gasteiger partial charge < -0.3 is 9.64 Å². The van der Waals surface area contributed by atoms with Crippen molar-refractivity contribution in [1.82, 2.24) is 4.90 Å². The fourth-order valence-electron chi connectivity index (χ4n) is 2.29. The van der Waals surface area contributed by atoms with E-state index in [0.717, 1.165) is 22.1 Å². The number of rotatable bonds is 4. The molecule has 2 rings (SSSR count).